The molecule has 2 aliphatic heterocycles. The van der Waals surface area contributed by atoms with Gasteiger partial charge in [-0.3, -0.25) is 4.79 Å². The van der Waals surface area contributed by atoms with Gasteiger partial charge in [0.15, 0.2) is 17.5 Å². The monoisotopic (exact) mass is 441 g/mol. The Kier molecular flexibility index (Phi) is 4.26. The van der Waals surface area contributed by atoms with Crippen molar-refractivity contribution in [1.82, 2.24) is 24.6 Å². The number of carbonyl (C=O) groups excluding carboxylic acids is 1. The first-order chi connectivity index (χ1) is 15.2. The summed E-state index contributed by atoms with van der Waals surface area (Å²) in [5.41, 5.74) is 6.60. The molecule has 0 radical (unpaired) electrons. The lowest BCUT2D eigenvalue weighted by Gasteiger charge is -2.19. The topological polar surface area (TPSA) is 102 Å². The largest absolute Gasteiger partial charge is 0.383 e. The molecule has 11 heteroatoms. The summed E-state index contributed by atoms with van der Waals surface area (Å²) in [6.45, 7) is 3.24. The predicted molar refractivity (Wildman–Crippen MR) is 110 cm³/mol. The molecule has 0 unspecified atom stereocenters. The lowest BCUT2D eigenvalue weighted by Crippen LogP contribution is -2.27. The molecule has 0 saturated carbocycles. The lowest BCUT2D eigenvalue weighted by atomic mass is 9.87. The number of fused-ring (bicyclic) bond motifs is 2. The SMILES string of the molecule is CC1(C)C(=O)Nc2nc(-c3nc(Cc4cccc(F)c4F)n4c3C=CN(F)C4)nc(N)c21. The number of hydrogen-bond donors (Lipinski definition) is 2. The summed E-state index contributed by atoms with van der Waals surface area (Å²) in [6, 6.07) is 3.85. The Morgan fingerprint density at radius 1 is 1.22 bits per heavy atom. The van der Waals surface area contributed by atoms with Gasteiger partial charge in [0.1, 0.15) is 29.8 Å². The van der Waals surface area contributed by atoms with Crippen molar-refractivity contribution in [1.29, 1.82) is 0 Å². The van der Waals surface area contributed by atoms with Gasteiger partial charge in [0.2, 0.25) is 5.91 Å². The maximum Gasteiger partial charge on any atom is 0.235 e. The second-order valence-corrected chi connectivity index (χ2v) is 8.17. The summed E-state index contributed by atoms with van der Waals surface area (Å²) in [6.07, 6.45) is 2.61. The van der Waals surface area contributed by atoms with Crippen LogP contribution in [0.4, 0.5) is 24.9 Å². The highest BCUT2D eigenvalue weighted by Crippen LogP contribution is 2.40. The van der Waals surface area contributed by atoms with Crippen LogP contribution in [-0.4, -0.2) is 30.5 Å². The van der Waals surface area contributed by atoms with Crippen molar-refractivity contribution < 1.29 is 18.1 Å². The number of benzene rings is 1. The van der Waals surface area contributed by atoms with Crippen LogP contribution < -0.4 is 11.1 Å². The normalized spacial score (nSPS) is 16.2. The molecule has 164 valence electrons. The Hall–Kier alpha value is -3.89. The molecule has 3 N–H and O–H groups in total. The Morgan fingerprint density at radius 3 is 2.78 bits per heavy atom. The fourth-order valence-electron chi connectivity index (χ4n) is 4.00. The zero-order valence-electron chi connectivity index (χ0n) is 17.2. The zero-order valence-corrected chi connectivity index (χ0v) is 17.2. The number of nitrogen functional groups attached to an aromatic ring is 1. The number of nitrogens with zero attached hydrogens (tertiary/aromatic N) is 5. The minimum atomic E-state index is -0.988. The molecule has 2 aromatic heterocycles. The van der Waals surface area contributed by atoms with Gasteiger partial charge in [-0.25, -0.2) is 23.7 Å². The Balaban J connectivity index is 1.64. The van der Waals surface area contributed by atoms with Gasteiger partial charge in [-0.05, 0) is 31.6 Å². The van der Waals surface area contributed by atoms with E-state index in [2.05, 4.69) is 20.3 Å². The molecule has 3 aromatic rings. The van der Waals surface area contributed by atoms with E-state index in [0.717, 1.165) is 6.07 Å². The van der Waals surface area contributed by atoms with Crippen LogP contribution in [0.2, 0.25) is 0 Å². The van der Waals surface area contributed by atoms with Crippen LogP contribution in [0.1, 0.15) is 36.5 Å². The van der Waals surface area contributed by atoms with Gasteiger partial charge in [0, 0.05) is 12.6 Å². The molecule has 32 heavy (non-hydrogen) atoms. The van der Waals surface area contributed by atoms with E-state index < -0.39 is 17.0 Å². The summed E-state index contributed by atoms with van der Waals surface area (Å²) < 4.78 is 43.4. The highest BCUT2D eigenvalue weighted by Gasteiger charge is 2.42. The quantitative estimate of drug-likeness (QED) is 0.606. The Bertz CT molecular complexity index is 1320. The minimum absolute atomic E-state index is 0.0766. The lowest BCUT2D eigenvalue weighted by molar-refractivity contribution is -0.119. The van der Waals surface area contributed by atoms with Crippen LogP contribution in [0, 0.1) is 11.6 Å². The third-order valence-electron chi connectivity index (χ3n) is 5.71. The number of nitrogens with one attached hydrogen (secondary N) is 1. The molecule has 5 rings (SSSR count). The van der Waals surface area contributed by atoms with Gasteiger partial charge >= 0.3 is 0 Å². The van der Waals surface area contributed by atoms with E-state index in [9.17, 15) is 18.1 Å². The average Bonchev–Trinajstić information content (AvgIpc) is 3.19. The summed E-state index contributed by atoms with van der Waals surface area (Å²) in [7, 11) is 0. The zero-order chi connectivity index (χ0) is 22.8. The molecule has 0 bridgehead atoms. The molecule has 8 nitrogen and oxygen atoms in total. The van der Waals surface area contributed by atoms with Crippen LogP contribution in [0.15, 0.2) is 24.4 Å². The molecule has 0 spiro atoms. The van der Waals surface area contributed by atoms with Crippen molar-refractivity contribution in [2.24, 2.45) is 0 Å². The first kappa shape index (κ1) is 20.0. The van der Waals surface area contributed by atoms with Crippen LogP contribution in [0.5, 0.6) is 0 Å². The fourth-order valence-corrected chi connectivity index (χ4v) is 4.00. The molecule has 0 fully saturated rings. The number of halogens is 3. The Morgan fingerprint density at radius 2 is 2.00 bits per heavy atom. The van der Waals surface area contributed by atoms with Gasteiger partial charge in [0.05, 0.1) is 16.7 Å². The number of nitrogens with two attached hydrogens (primary N) is 1. The molecule has 1 aromatic carbocycles. The van der Waals surface area contributed by atoms with E-state index in [1.807, 2.05) is 0 Å². The number of imidazole rings is 1. The second kappa shape index (κ2) is 6.81. The van der Waals surface area contributed by atoms with Gasteiger partial charge in [0.25, 0.3) is 0 Å². The minimum Gasteiger partial charge on any atom is -0.383 e. The molecule has 0 saturated heterocycles. The smallest absolute Gasteiger partial charge is 0.235 e. The number of anilines is 2. The van der Waals surface area contributed by atoms with Crippen molar-refractivity contribution in [3.05, 3.63) is 58.7 Å². The van der Waals surface area contributed by atoms with Crippen LogP contribution in [0.3, 0.4) is 0 Å². The maximum absolute atomic E-state index is 14.2. The van der Waals surface area contributed by atoms with Gasteiger partial charge in [-0.2, -0.15) is 5.12 Å². The van der Waals surface area contributed by atoms with Crippen LogP contribution in [-0.2, 0) is 23.3 Å². The number of rotatable bonds is 3. The highest BCUT2D eigenvalue weighted by molar-refractivity contribution is 6.06. The van der Waals surface area contributed by atoms with E-state index in [1.165, 1.54) is 29.0 Å². The standard InChI is InChI=1S/C21H18F3N7O/c1-21(2)14-17(25)27-19(28-18(14)29-20(21)32)16-12-6-7-30(24)9-31(12)13(26-16)8-10-4-3-5-11(22)15(10)23/h3-7H,8-9H2,1-2H3,(H3,25,27,28,29,32). The fraction of sp³-hybridized carbons (Fsp3) is 0.238. The number of carbonyl (C=O) groups is 1. The average molecular weight is 441 g/mol. The van der Waals surface area contributed by atoms with E-state index in [1.54, 1.807) is 13.8 Å². The van der Waals surface area contributed by atoms with Gasteiger partial charge in [-0.1, -0.05) is 16.6 Å². The van der Waals surface area contributed by atoms with Gasteiger partial charge < -0.3 is 15.6 Å². The second-order valence-electron chi connectivity index (χ2n) is 8.17. The third kappa shape index (κ3) is 2.92. The van der Waals surface area contributed by atoms with Crippen molar-refractivity contribution in [2.45, 2.75) is 32.4 Å². The Labute approximate surface area is 180 Å². The predicted octanol–water partition coefficient (Wildman–Crippen LogP) is 3.15. The highest BCUT2D eigenvalue weighted by atomic mass is 19.2. The van der Waals surface area contributed by atoms with Crippen molar-refractivity contribution in [3.8, 4) is 11.5 Å². The molecule has 1 amide bonds. The number of amides is 1. The van der Waals surface area contributed by atoms with Crippen molar-refractivity contribution in [3.63, 3.8) is 0 Å². The summed E-state index contributed by atoms with van der Waals surface area (Å²) in [5.74, 6) is -1.39. The summed E-state index contributed by atoms with van der Waals surface area (Å²) in [5, 5.41) is 3.14. The molecule has 0 atom stereocenters. The van der Waals surface area contributed by atoms with Crippen molar-refractivity contribution in [2.75, 3.05) is 11.1 Å². The summed E-state index contributed by atoms with van der Waals surface area (Å²) >= 11 is 0. The van der Waals surface area contributed by atoms with E-state index in [-0.39, 0.29) is 47.7 Å². The van der Waals surface area contributed by atoms with E-state index >= 15 is 0 Å². The molecular formula is C21H18F3N7O. The maximum atomic E-state index is 14.2. The third-order valence-corrected chi connectivity index (χ3v) is 5.71. The molecular weight excluding hydrogens is 423 g/mol. The first-order valence-corrected chi connectivity index (χ1v) is 9.79. The number of hydrogen-bond acceptors (Lipinski definition) is 6. The molecule has 4 heterocycles. The first-order valence-electron chi connectivity index (χ1n) is 9.79. The van der Waals surface area contributed by atoms with Crippen molar-refractivity contribution >= 4 is 23.6 Å². The molecule has 2 aliphatic rings. The van der Waals surface area contributed by atoms with Gasteiger partial charge in [-0.15, -0.1) is 0 Å². The molecule has 0 aliphatic carbocycles. The van der Waals surface area contributed by atoms with E-state index in [0.29, 0.717) is 22.2 Å². The number of aromatic nitrogens is 4. The van der Waals surface area contributed by atoms with Crippen LogP contribution in [0.25, 0.3) is 17.6 Å². The summed E-state index contributed by atoms with van der Waals surface area (Å²) in [4.78, 5) is 25.6. The van der Waals surface area contributed by atoms with E-state index in [4.69, 9.17) is 5.73 Å². The van der Waals surface area contributed by atoms with Crippen LogP contribution >= 0.6 is 0 Å².